The molecule has 0 amide bonds. The number of rotatable bonds is 19. The van der Waals surface area contributed by atoms with Gasteiger partial charge in [0.1, 0.15) is 5.76 Å². The van der Waals surface area contributed by atoms with Gasteiger partial charge in [0, 0.05) is 118 Å². The minimum Gasteiger partial charge on any atom is -0.512 e. The second kappa shape index (κ2) is 48.9. The first kappa shape index (κ1) is 106. The Hall–Kier alpha value is -9.21. The number of allylic oxidation sites excluding steroid dienone is 6. The number of aromatic nitrogens is 3. The molecule has 0 bridgehead atoms. The molecule has 0 spiro atoms. The van der Waals surface area contributed by atoms with Gasteiger partial charge in [-0.1, -0.05) is 278 Å². The average molecular weight is 2180 g/mol. The number of pyridine rings is 3. The van der Waals surface area contributed by atoms with Crippen molar-refractivity contribution in [3.63, 3.8) is 0 Å². The minimum absolute atomic E-state index is 0. The van der Waals surface area contributed by atoms with E-state index in [1.54, 1.807) is 0 Å². The van der Waals surface area contributed by atoms with Gasteiger partial charge in [0.05, 0.1) is 28.1 Å². The number of hydrogen-bond donors (Lipinski definition) is 3. The molecule has 12 aromatic rings. The number of aryl methyl sites for hydroxylation is 9. The molecular weight excluding hydrogens is 2050 g/mol. The van der Waals surface area contributed by atoms with Crippen molar-refractivity contribution in [3.05, 3.63) is 302 Å². The van der Waals surface area contributed by atoms with Crippen LogP contribution in [-0.2, 0) is 94.0 Å². The van der Waals surface area contributed by atoms with E-state index < -0.39 is 5.41 Å². The molecule has 0 aliphatic rings. The number of fused-ring (bicyclic) bond motifs is 3. The maximum Gasteiger partial charge on any atom is 0.164 e. The van der Waals surface area contributed by atoms with E-state index in [9.17, 15) is 24.6 Å². The molecule has 12 heteroatoms. The maximum atomic E-state index is 11.5. The molecule has 3 N–H and O–H groups in total. The van der Waals surface area contributed by atoms with Crippen molar-refractivity contribution in [2.45, 2.75) is 219 Å². The number of ketones is 3. The van der Waals surface area contributed by atoms with E-state index in [-0.39, 0.29) is 100 Å². The van der Waals surface area contributed by atoms with Gasteiger partial charge < -0.3 is 15.3 Å². The zero-order valence-corrected chi connectivity index (χ0v) is 85.1. The van der Waals surface area contributed by atoms with Gasteiger partial charge >= 0.3 is 0 Å². The van der Waals surface area contributed by atoms with E-state index >= 15 is 0 Å². The summed E-state index contributed by atoms with van der Waals surface area (Å²) in [4.78, 5) is 47.8. The van der Waals surface area contributed by atoms with E-state index in [1.807, 2.05) is 69.2 Å². The van der Waals surface area contributed by atoms with Crippen molar-refractivity contribution in [3.8, 4) is 67.2 Å². The molecule has 0 atom stereocenters. The smallest absolute Gasteiger partial charge is 0.164 e. The zero-order chi connectivity index (χ0) is 88.8. The topological polar surface area (TPSA) is 151 Å². The fourth-order valence-corrected chi connectivity index (χ4v) is 14.0. The summed E-state index contributed by atoms with van der Waals surface area (Å²) >= 11 is 0. The van der Waals surface area contributed by atoms with Crippen LogP contribution in [0.4, 0.5) is 0 Å². The van der Waals surface area contributed by atoms with Gasteiger partial charge in [-0.15, -0.1) is 105 Å². The van der Waals surface area contributed by atoms with Gasteiger partial charge in [-0.25, -0.2) is 0 Å². The zero-order valence-electron chi connectivity index (χ0n) is 77.9. The fraction of sp³-hybridized carbons (Fsp3) is 0.351. The molecule has 0 unspecified atom stereocenters. The van der Waals surface area contributed by atoms with Crippen molar-refractivity contribution in [1.82, 2.24) is 15.0 Å². The molecule has 657 valence electrons. The van der Waals surface area contributed by atoms with Gasteiger partial charge in [-0.2, -0.15) is 0 Å². The normalized spacial score (nSPS) is 11.6. The Morgan fingerprint density at radius 2 is 0.626 bits per heavy atom. The molecule has 0 aliphatic carbocycles. The number of aliphatic hydroxyl groups excluding tert-OH is 3. The van der Waals surface area contributed by atoms with E-state index in [2.05, 4.69) is 304 Å². The molecule has 0 saturated carbocycles. The maximum absolute atomic E-state index is 11.5. The summed E-state index contributed by atoms with van der Waals surface area (Å²) in [7, 11) is 0. The molecule has 0 fully saturated rings. The molecule has 3 aromatic heterocycles. The van der Waals surface area contributed by atoms with Crippen molar-refractivity contribution < 1.29 is 90.0 Å². The Bertz CT molecular complexity index is 5100. The number of benzene rings is 9. The fourth-order valence-electron chi connectivity index (χ4n) is 14.0. The molecule has 3 heterocycles. The Balaban J connectivity index is 0.000000325. The van der Waals surface area contributed by atoms with Crippen LogP contribution in [0, 0.1) is 121 Å². The average Bonchev–Trinajstić information content (AvgIpc) is 0.787. The summed E-state index contributed by atoms with van der Waals surface area (Å²) in [6, 6.07) is 76.5. The van der Waals surface area contributed by atoms with Crippen LogP contribution in [0.3, 0.4) is 0 Å². The van der Waals surface area contributed by atoms with Crippen molar-refractivity contribution in [2.24, 2.45) is 40.4 Å². The molecular formula is C111H132Ir3N3O6-3. The summed E-state index contributed by atoms with van der Waals surface area (Å²) in [5.74, 6) is 2.77. The van der Waals surface area contributed by atoms with Crippen LogP contribution in [0.15, 0.2) is 217 Å². The first-order valence-corrected chi connectivity index (χ1v) is 42.6. The van der Waals surface area contributed by atoms with E-state index in [1.165, 1.54) is 132 Å². The number of nitrogens with zero attached hydrogens (tertiary/aromatic N) is 3. The van der Waals surface area contributed by atoms with Crippen molar-refractivity contribution in [1.29, 1.82) is 0 Å². The van der Waals surface area contributed by atoms with E-state index in [0.29, 0.717) is 42.4 Å². The Morgan fingerprint density at radius 3 is 0.854 bits per heavy atom. The third-order valence-electron chi connectivity index (χ3n) is 19.7. The molecule has 9 nitrogen and oxygen atoms in total. The molecule has 12 rings (SSSR count). The van der Waals surface area contributed by atoms with Gasteiger partial charge in [-0.3, -0.25) is 29.3 Å². The Kier molecular flexibility index (Phi) is 42.2. The number of carbonyl (C=O) groups excluding carboxylic acids is 3. The van der Waals surface area contributed by atoms with Crippen LogP contribution < -0.4 is 0 Å². The third kappa shape index (κ3) is 34.7. The summed E-state index contributed by atoms with van der Waals surface area (Å²) in [5, 5.41) is 31.0. The predicted octanol–water partition coefficient (Wildman–Crippen LogP) is 29.7. The number of carbonyl (C=O) groups is 3. The van der Waals surface area contributed by atoms with Crippen molar-refractivity contribution in [2.75, 3.05) is 0 Å². The van der Waals surface area contributed by atoms with Crippen LogP contribution >= 0.6 is 0 Å². The summed E-state index contributed by atoms with van der Waals surface area (Å²) in [6.07, 6.45) is 8.07. The predicted molar refractivity (Wildman–Crippen MR) is 509 cm³/mol. The summed E-state index contributed by atoms with van der Waals surface area (Å²) in [6.45, 7) is 54.7. The largest absolute Gasteiger partial charge is 0.512 e. The molecule has 123 heavy (non-hydrogen) atoms. The first-order valence-electron chi connectivity index (χ1n) is 42.6. The third-order valence-corrected chi connectivity index (χ3v) is 19.7. The van der Waals surface area contributed by atoms with Crippen LogP contribution in [-0.4, -0.2) is 47.6 Å². The van der Waals surface area contributed by atoms with E-state index in [0.717, 1.165) is 86.3 Å². The second-order valence-corrected chi connectivity index (χ2v) is 36.9. The number of hydrogen-bond acceptors (Lipinski definition) is 9. The van der Waals surface area contributed by atoms with Gasteiger partial charge in [0.25, 0.3) is 0 Å². The summed E-state index contributed by atoms with van der Waals surface area (Å²) in [5.41, 5.74) is 31.3. The Morgan fingerprint density at radius 1 is 0.341 bits per heavy atom. The monoisotopic (exact) mass is 2180 g/mol. The van der Waals surface area contributed by atoms with Crippen molar-refractivity contribution >= 4 is 50.1 Å². The molecule has 9 aromatic carbocycles. The van der Waals surface area contributed by atoms with Crippen LogP contribution in [0.2, 0.25) is 0 Å². The number of aliphatic hydroxyl groups is 3. The molecule has 3 radical (unpaired) electrons. The van der Waals surface area contributed by atoms with Gasteiger partial charge in [0.15, 0.2) is 17.3 Å². The molecule has 0 saturated heterocycles. The van der Waals surface area contributed by atoms with Crippen LogP contribution in [0.25, 0.3) is 99.9 Å². The van der Waals surface area contributed by atoms with Crippen LogP contribution in [0.1, 0.15) is 204 Å². The van der Waals surface area contributed by atoms with Crippen LogP contribution in [0.5, 0.6) is 0 Å². The standard InChI is InChI=1S/3C28H28N.2C11H20O2.C5H8O2.3Ir/c3*1-18(2)12-24-17-28(25-14-20(4)13-21(5)15-25)29-27-11-10-23(16-26(24)27)22-8-6-19(3)7-9-22;1-10(2,3)8(12)7-9(13)11(4,5)6;1-8(2)5-10(12)7-11(13)6-9(3)4;1-4(6)3-5(2)7;;;/h3*6-11,13-14,16-18H,12H2,1-5H3;7,12H,1-6H3;7-9,12H,5-6H2,1-4H3;3,6H,1-2H3;;;/q3*-1;;;;;;. The second-order valence-electron chi connectivity index (χ2n) is 36.9. The summed E-state index contributed by atoms with van der Waals surface area (Å²) < 4.78 is 0. The van der Waals surface area contributed by atoms with E-state index in [4.69, 9.17) is 20.1 Å². The SMILES string of the molecule is CC(=O)C=C(C)O.CC(C)(C)C(=O)C=C(O)C(C)(C)C.CC(C)CC(=O)C=C(O)CC(C)C.Cc1[c-]c(-c2cc(CC(C)C)c3cc(-c4ccc(C)cc4)ccc3n2)cc(C)c1.Cc1[c-]c(-c2cc(CC(C)C)c3cc(-c4ccc(C)cc4)ccc3n2)cc(C)c1.Cc1[c-]c(-c2cc(CC(C)C)c3cc(-c4ccc(C)cc4)ccc3n2)cc(C)c1.[Ir].[Ir].[Ir]. The molecule has 0 aliphatic heterocycles. The van der Waals surface area contributed by atoms with Gasteiger partial charge in [0.2, 0.25) is 0 Å². The Labute approximate surface area is 777 Å². The van der Waals surface area contributed by atoms with Gasteiger partial charge in [-0.05, 0) is 187 Å². The minimum atomic E-state index is -0.417. The first-order chi connectivity index (χ1) is 56.2. The quantitative estimate of drug-likeness (QED) is 0.0408.